The zero-order valence-corrected chi connectivity index (χ0v) is 12.4. The van der Waals surface area contributed by atoms with Crippen LogP contribution in [0.15, 0.2) is 41.2 Å². The molecule has 110 valence electrons. The fourth-order valence-electron chi connectivity index (χ4n) is 2.99. The molecule has 0 radical (unpaired) electrons. The molecule has 0 unspecified atom stereocenters. The minimum absolute atomic E-state index is 0.0513. The van der Waals surface area contributed by atoms with Gasteiger partial charge in [-0.3, -0.25) is 9.69 Å². The Bertz CT molecular complexity index is 704. The Balaban J connectivity index is 1.72. The highest BCUT2D eigenvalue weighted by Crippen LogP contribution is 2.19. The SMILES string of the molecule is CN(Cc1nc2ccccc2c(=O)[nH]1)C[C@H]1CC=CCC1. The summed E-state index contributed by atoms with van der Waals surface area (Å²) in [6.07, 6.45) is 8.13. The zero-order chi connectivity index (χ0) is 14.7. The maximum atomic E-state index is 12.0. The van der Waals surface area contributed by atoms with E-state index in [-0.39, 0.29) is 5.56 Å². The Hall–Kier alpha value is -1.94. The van der Waals surface area contributed by atoms with Gasteiger partial charge in [-0.05, 0) is 44.4 Å². The van der Waals surface area contributed by atoms with Gasteiger partial charge in [0.25, 0.3) is 5.56 Å². The van der Waals surface area contributed by atoms with Crippen molar-refractivity contribution < 1.29 is 0 Å². The summed E-state index contributed by atoms with van der Waals surface area (Å²) in [5.74, 6) is 1.46. The number of nitrogens with one attached hydrogen (secondary N) is 1. The molecule has 4 nitrogen and oxygen atoms in total. The van der Waals surface area contributed by atoms with Gasteiger partial charge in [0, 0.05) is 6.54 Å². The average molecular weight is 283 g/mol. The molecule has 0 spiro atoms. The van der Waals surface area contributed by atoms with Crippen molar-refractivity contribution in [1.29, 1.82) is 0 Å². The predicted octanol–water partition coefficient (Wildman–Crippen LogP) is 2.71. The van der Waals surface area contributed by atoms with Crippen molar-refractivity contribution in [3.05, 3.63) is 52.6 Å². The highest BCUT2D eigenvalue weighted by atomic mass is 16.1. The Kier molecular flexibility index (Phi) is 4.15. The summed E-state index contributed by atoms with van der Waals surface area (Å²) < 4.78 is 0. The number of nitrogens with zero attached hydrogens (tertiary/aromatic N) is 2. The smallest absolute Gasteiger partial charge is 0.258 e. The van der Waals surface area contributed by atoms with Crippen LogP contribution in [0.3, 0.4) is 0 Å². The van der Waals surface area contributed by atoms with Gasteiger partial charge in [0.05, 0.1) is 17.4 Å². The molecule has 1 N–H and O–H groups in total. The average Bonchev–Trinajstić information content (AvgIpc) is 2.48. The van der Waals surface area contributed by atoms with E-state index in [1.807, 2.05) is 24.3 Å². The largest absolute Gasteiger partial charge is 0.309 e. The van der Waals surface area contributed by atoms with Crippen molar-refractivity contribution in [2.45, 2.75) is 25.8 Å². The number of H-pyrrole nitrogens is 1. The summed E-state index contributed by atoms with van der Waals surface area (Å²) in [4.78, 5) is 21.7. The predicted molar refractivity (Wildman–Crippen MR) is 85.2 cm³/mol. The van der Waals surface area contributed by atoms with Crippen LogP contribution < -0.4 is 5.56 Å². The number of aromatic amines is 1. The number of hydrogen-bond donors (Lipinski definition) is 1. The van der Waals surface area contributed by atoms with E-state index in [0.29, 0.717) is 17.8 Å². The second-order valence-electron chi connectivity index (χ2n) is 5.88. The third-order valence-electron chi connectivity index (χ3n) is 4.03. The highest BCUT2D eigenvalue weighted by Gasteiger charge is 2.13. The van der Waals surface area contributed by atoms with Crippen LogP contribution in [0, 0.1) is 5.92 Å². The van der Waals surface area contributed by atoms with Gasteiger partial charge in [0.15, 0.2) is 0 Å². The molecule has 0 saturated carbocycles. The first-order chi connectivity index (χ1) is 10.2. The van der Waals surface area contributed by atoms with Gasteiger partial charge >= 0.3 is 0 Å². The first kappa shape index (κ1) is 14.0. The third kappa shape index (κ3) is 3.39. The molecule has 3 rings (SSSR count). The lowest BCUT2D eigenvalue weighted by Gasteiger charge is -2.24. The molecule has 4 heteroatoms. The van der Waals surface area contributed by atoms with Crippen LogP contribution >= 0.6 is 0 Å². The van der Waals surface area contributed by atoms with Crippen LogP contribution in [0.4, 0.5) is 0 Å². The molecule has 0 bridgehead atoms. The lowest BCUT2D eigenvalue weighted by Crippen LogP contribution is -2.27. The monoisotopic (exact) mass is 283 g/mol. The van der Waals surface area contributed by atoms with E-state index in [9.17, 15) is 4.79 Å². The molecule has 1 heterocycles. The van der Waals surface area contributed by atoms with Crippen molar-refractivity contribution in [3.8, 4) is 0 Å². The molecule has 0 amide bonds. The Morgan fingerprint density at radius 2 is 2.19 bits per heavy atom. The van der Waals surface area contributed by atoms with Crippen molar-refractivity contribution in [2.24, 2.45) is 5.92 Å². The van der Waals surface area contributed by atoms with Crippen molar-refractivity contribution in [1.82, 2.24) is 14.9 Å². The van der Waals surface area contributed by atoms with Crippen molar-refractivity contribution in [3.63, 3.8) is 0 Å². The summed E-state index contributed by atoms with van der Waals surface area (Å²) in [6, 6.07) is 7.47. The number of fused-ring (bicyclic) bond motifs is 1. The van der Waals surface area contributed by atoms with Gasteiger partial charge in [-0.1, -0.05) is 24.3 Å². The lowest BCUT2D eigenvalue weighted by molar-refractivity contribution is 0.253. The minimum atomic E-state index is -0.0513. The number of benzene rings is 1. The fraction of sp³-hybridized carbons (Fsp3) is 0.412. The first-order valence-corrected chi connectivity index (χ1v) is 7.54. The molecule has 1 atom stereocenters. The maximum Gasteiger partial charge on any atom is 0.258 e. The van der Waals surface area contributed by atoms with Gasteiger partial charge in [0.1, 0.15) is 5.82 Å². The van der Waals surface area contributed by atoms with Crippen LogP contribution in [-0.2, 0) is 6.54 Å². The Morgan fingerprint density at radius 3 is 3.00 bits per heavy atom. The first-order valence-electron chi connectivity index (χ1n) is 7.54. The zero-order valence-electron chi connectivity index (χ0n) is 12.4. The molecule has 1 aromatic heterocycles. The van der Waals surface area contributed by atoms with E-state index in [1.165, 1.54) is 12.8 Å². The number of para-hydroxylation sites is 1. The molecule has 0 aliphatic heterocycles. The highest BCUT2D eigenvalue weighted by molar-refractivity contribution is 5.77. The molecular weight excluding hydrogens is 262 g/mol. The molecule has 1 aliphatic carbocycles. The van der Waals surface area contributed by atoms with Gasteiger partial charge in [-0.25, -0.2) is 4.98 Å². The van der Waals surface area contributed by atoms with Crippen LogP contribution in [0.2, 0.25) is 0 Å². The molecule has 1 aliphatic rings. The van der Waals surface area contributed by atoms with Crippen LogP contribution in [-0.4, -0.2) is 28.5 Å². The van der Waals surface area contributed by atoms with Gasteiger partial charge < -0.3 is 4.98 Å². The normalized spacial score (nSPS) is 18.5. The molecule has 2 aromatic rings. The van der Waals surface area contributed by atoms with E-state index in [4.69, 9.17) is 0 Å². The van der Waals surface area contributed by atoms with E-state index >= 15 is 0 Å². The van der Waals surface area contributed by atoms with E-state index in [2.05, 4.69) is 34.1 Å². The van der Waals surface area contributed by atoms with E-state index in [0.717, 1.165) is 24.3 Å². The number of rotatable bonds is 4. The summed E-state index contributed by atoms with van der Waals surface area (Å²) >= 11 is 0. The summed E-state index contributed by atoms with van der Waals surface area (Å²) in [7, 11) is 2.09. The third-order valence-corrected chi connectivity index (χ3v) is 4.03. The van der Waals surface area contributed by atoms with Crippen LogP contribution in [0.1, 0.15) is 25.1 Å². The van der Waals surface area contributed by atoms with Crippen LogP contribution in [0.25, 0.3) is 10.9 Å². The van der Waals surface area contributed by atoms with Gasteiger partial charge in [-0.2, -0.15) is 0 Å². The standard InChI is InChI=1S/C17H21N3O/c1-20(11-13-7-3-2-4-8-13)12-16-18-15-10-6-5-9-14(15)17(21)19-16/h2-3,5-6,9-10,13H,4,7-8,11-12H2,1H3,(H,18,19,21)/t13-/m0/s1. The second-order valence-corrected chi connectivity index (χ2v) is 5.88. The van der Waals surface area contributed by atoms with Gasteiger partial charge in [-0.15, -0.1) is 0 Å². The van der Waals surface area contributed by atoms with E-state index in [1.54, 1.807) is 0 Å². The van der Waals surface area contributed by atoms with Gasteiger partial charge in [0.2, 0.25) is 0 Å². The summed E-state index contributed by atoms with van der Waals surface area (Å²) in [5, 5.41) is 0.654. The second kappa shape index (κ2) is 6.22. The Morgan fingerprint density at radius 1 is 1.33 bits per heavy atom. The number of hydrogen-bond acceptors (Lipinski definition) is 3. The lowest BCUT2D eigenvalue weighted by atomic mass is 9.94. The topological polar surface area (TPSA) is 49.0 Å². The van der Waals surface area contributed by atoms with E-state index < -0.39 is 0 Å². The molecule has 1 aromatic carbocycles. The van der Waals surface area contributed by atoms with Crippen molar-refractivity contribution >= 4 is 10.9 Å². The minimum Gasteiger partial charge on any atom is -0.309 e. The number of allylic oxidation sites excluding steroid dienone is 2. The quantitative estimate of drug-likeness (QED) is 0.878. The van der Waals surface area contributed by atoms with Crippen LogP contribution in [0.5, 0.6) is 0 Å². The molecular formula is C17H21N3O. The fourth-order valence-corrected chi connectivity index (χ4v) is 2.99. The Labute approximate surface area is 124 Å². The molecule has 0 fully saturated rings. The summed E-state index contributed by atoms with van der Waals surface area (Å²) in [6.45, 7) is 1.72. The summed E-state index contributed by atoms with van der Waals surface area (Å²) in [5.41, 5.74) is 0.717. The van der Waals surface area contributed by atoms with Crippen molar-refractivity contribution in [2.75, 3.05) is 13.6 Å². The number of aromatic nitrogens is 2. The maximum absolute atomic E-state index is 12.0. The molecule has 0 saturated heterocycles. The molecule has 21 heavy (non-hydrogen) atoms.